The van der Waals surface area contributed by atoms with Crippen molar-refractivity contribution in [3.05, 3.63) is 0 Å². The third-order valence-electron chi connectivity index (χ3n) is 3.82. The van der Waals surface area contributed by atoms with E-state index in [1.807, 2.05) is 14.1 Å². The Bertz CT molecular complexity index is 325. The molecule has 116 valence electrons. The van der Waals surface area contributed by atoms with Crippen LogP contribution in [-0.4, -0.2) is 86.9 Å². The fourth-order valence-electron chi connectivity index (χ4n) is 2.38. The molecule has 0 unspecified atom stereocenters. The number of rotatable bonds is 5. The number of hydrogen-bond acceptors (Lipinski definition) is 4. The highest BCUT2D eigenvalue weighted by molar-refractivity contribution is 6.35. The monoisotopic (exact) mass is 284 g/mol. The summed E-state index contributed by atoms with van der Waals surface area (Å²) in [5.74, 6) is -0.894. The summed E-state index contributed by atoms with van der Waals surface area (Å²) in [6.07, 6.45) is 2.73. The van der Waals surface area contributed by atoms with Gasteiger partial charge in [-0.25, -0.2) is 0 Å². The van der Waals surface area contributed by atoms with Crippen LogP contribution in [0.25, 0.3) is 0 Å². The number of likely N-dealkylation sites (tertiary alicyclic amines) is 1. The Kier molecular flexibility index (Phi) is 6.95. The summed E-state index contributed by atoms with van der Waals surface area (Å²) >= 11 is 0. The van der Waals surface area contributed by atoms with Gasteiger partial charge in [-0.05, 0) is 60.0 Å². The van der Waals surface area contributed by atoms with Gasteiger partial charge in [0.2, 0.25) is 0 Å². The fraction of sp³-hybridized carbons (Fsp3) is 0.857. The third kappa shape index (κ3) is 5.46. The van der Waals surface area contributed by atoms with Crippen molar-refractivity contribution in [1.29, 1.82) is 0 Å². The molecule has 0 aromatic carbocycles. The Labute approximate surface area is 122 Å². The Morgan fingerprint density at radius 2 is 1.80 bits per heavy atom. The van der Waals surface area contributed by atoms with Crippen molar-refractivity contribution in [2.24, 2.45) is 0 Å². The lowest BCUT2D eigenvalue weighted by Crippen LogP contribution is -2.49. The van der Waals surface area contributed by atoms with Gasteiger partial charge >= 0.3 is 11.8 Å². The van der Waals surface area contributed by atoms with E-state index >= 15 is 0 Å². The van der Waals surface area contributed by atoms with Gasteiger partial charge in [0.05, 0.1) is 0 Å². The van der Waals surface area contributed by atoms with Crippen LogP contribution in [0.15, 0.2) is 0 Å². The molecule has 6 nitrogen and oxygen atoms in total. The molecule has 20 heavy (non-hydrogen) atoms. The van der Waals surface area contributed by atoms with Crippen LogP contribution in [0.4, 0.5) is 0 Å². The Morgan fingerprint density at radius 1 is 1.20 bits per heavy atom. The first-order valence-corrected chi connectivity index (χ1v) is 7.30. The van der Waals surface area contributed by atoms with Crippen LogP contribution in [-0.2, 0) is 9.59 Å². The van der Waals surface area contributed by atoms with E-state index in [-0.39, 0.29) is 6.04 Å². The van der Waals surface area contributed by atoms with Crippen molar-refractivity contribution >= 4 is 11.8 Å². The molecule has 1 fully saturated rings. The van der Waals surface area contributed by atoms with Gasteiger partial charge in [-0.2, -0.15) is 0 Å². The minimum absolute atomic E-state index is 0.186. The van der Waals surface area contributed by atoms with Gasteiger partial charge in [0, 0.05) is 19.6 Å². The van der Waals surface area contributed by atoms with E-state index in [4.69, 9.17) is 0 Å². The SMILES string of the molecule is CN(C)CCCNC(=O)C(=O)N(C)C1CCN(C)CC1. The van der Waals surface area contributed by atoms with Gasteiger partial charge in [-0.1, -0.05) is 0 Å². The number of piperidine rings is 1. The molecule has 6 heteroatoms. The van der Waals surface area contributed by atoms with Crippen LogP contribution in [0.2, 0.25) is 0 Å². The highest BCUT2D eigenvalue weighted by Crippen LogP contribution is 2.14. The zero-order chi connectivity index (χ0) is 15.1. The lowest BCUT2D eigenvalue weighted by atomic mass is 10.0. The van der Waals surface area contributed by atoms with E-state index in [2.05, 4.69) is 22.2 Å². The van der Waals surface area contributed by atoms with Crippen molar-refractivity contribution in [3.8, 4) is 0 Å². The Morgan fingerprint density at radius 3 is 2.35 bits per heavy atom. The van der Waals surface area contributed by atoms with Gasteiger partial charge in [-0.3, -0.25) is 9.59 Å². The van der Waals surface area contributed by atoms with E-state index in [1.165, 1.54) is 0 Å². The van der Waals surface area contributed by atoms with Crippen molar-refractivity contribution in [1.82, 2.24) is 20.0 Å². The minimum Gasteiger partial charge on any atom is -0.348 e. The summed E-state index contributed by atoms with van der Waals surface area (Å²) in [6.45, 7) is 3.41. The molecule has 1 rings (SSSR count). The average Bonchev–Trinajstić information content (AvgIpc) is 2.42. The highest BCUT2D eigenvalue weighted by Gasteiger charge is 2.27. The van der Waals surface area contributed by atoms with Crippen LogP contribution in [0, 0.1) is 0 Å². The van der Waals surface area contributed by atoms with Gasteiger partial charge < -0.3 is 20.0 Å². The minimum atomic E-state index is -0.481. The van der Waals surface area contributed by atoms with Crippen LogP contribution >= 0.6 is 0 Å². The van der Waals surface area contributed by atoms with Gasteiger partial charge in [0.25, 0.3) is 0 Å². The molecule has 1 aliphatic rings. The van der Waals surface area contributed by atoms with E-state index in [0.717, 1.165) is 38.9 Å². The van der Waals surface area contributed by atoms with Crippen molar-refractivity contribution in [3.63, 3.8) is 0 Å². The maximum Gasteiger partial charge on any atom is 0.311 e. The first-order valence-electron chi connectivity index (χ1n) is 7.30. The zero-order valence-electron chi connectivity index (χ0n) is 13.2. The molecule has 0 aromatic heterocycles. The second kappa shape index (κ2) is 8.21. The van der Waals surface area contributed by atoms with E-state index < -0.39 is 11.8 Å². The van der Waals surface area contributed by atoms with Crippen molar-refractivity contribution in [2.45, 2.75) is 25.3 Å². The number of nitrogens with one attached hydrogen (secondary N) is 1. The maximum atomic E-state index is 12.0. The molecule has 1 heterocycles. The molecular formula is C14H28N4O2. The predicted molar refractivity (Wildman–Crippen MR) is 79.5 cm³/mol. The summed E-state index contributed by atoms with van der Waals surface area (Å²) in [6, 6.07) is 0.186. The number of hydrogen-bond donors (Lipinski definition) is 1. The Balaban J connectivity index is 2.30. The standard InChI is InChI=1S/C14H28N4O2/c1-16(2)9-5-8-15-13(19)14(20)18(4)12-6-10-17(3)11-7-12/h12H,5-11H2,1-4H3,(H,15,19). The third-order valence-corrected chi connectivity index (χ3v) is 3.82. The van der Waals surface area contributed by atoms with E-state index in [1.54, 1.807) is 11.9 Å². The topological polar surface area (TPSA) is 55.9 Å². The normalized spacial score (nSPS) is 17.2. The van der Waals surface area contributed by atoms with Crippen LogP contribution < -0.4 is 5.32 Å². The molecule has 1 N–H and O–H groups in total. The second-order valence-corrected chi connectivity index (χ2v) is 5.86. The smallest absolute Gasteiger partial charge is 0.311 e. The number of amides is 2. The zero-order valence-corrected chi connectivity index (χ0v) is 13.2. The van der Waals surface area contributed by atoms with Gasteiger partial charge in [-0.15, -0.1) is 0 Å². The van der Waals surface area contributed by atoms with Crippen molar-refractivity contribution in [2.75, 3.05) is 54.4 Å². The first-order chi connectivity index (χ1) is 9.41. The maximum absolute atomic E-state index is 12.0. The molecule has 0 saturated carbocycles. The molecule has 0 bridgehead atoms. The first kappa shape index (κ1) is 16.9. The lowest BCUT2D eigenvalue weighted by Gasteiger charge is -2.34. The summed E-state index contributed by atoms with van der Waals surface area (Å²) in [4.78, 5) is 29.8. The quantitative estimate of drug-likeness (QED) is 0.552. The summed E-state index contributed by atoms with van der Waals surface area (Å²) in [5.41, 5.74) is 0. The largest absolute Gasteiger partial charge is 0.348 e. The van der Waals surface area contributed by atoms with E-state index in [9.17, 15) is 9.59 Å². The summed E-state index contributed by atoms with van der Waals surface area (Å²) < 4.78 is 0. The Hall–Kier alpha value is -1.14. The molecule has 2 amide bonds. The van der Waals surface area contributed by atoms with Crippen LogP contribution in [0.5, 0.6) is 0 Å². The van der Waals surface area contributed by atoms with Gasteiger partial charge in [0.15, 0.2) is 0 Å². The number of carbonyl (C=O) groups excluding carboxylic acids is 2. The predicted octanol–water partition coefficient (Wildman–Crippen LogP) is -0.393. The van der Waals surface area contributed by atoms with E-state index in [0.29, 0.717) is 6.54 Å². The molecule has 0 aliphatic carbocycles. The fourth-order valence-corrected chi connectivity index (χ4v) is 2.38. The van der Waals surface area contributed by atoms with Crippen LogP contribution in [0.1, 0.15) is 19.3 Å². The molecule has 1 aliphatic heterocycles. The summed E-state index contributed by atoms with van der Waals surface area (Å²) in [5, 5.41) is 2.70. The second-order valence-electron chi connectivity index (χ2n) is 5.86. The number of likely N-dealkylation sites (N-methyl/N-ethyl adjacent to an activating group) is 1. The summed E-state index contributed by atoms with van der Waals surface area (Å²) in [7, 11) is 7.79. The van der Waals surface area contributed by atoms with Crippen molar-refractivity contribution < 1.29 is 9.59 Å². The van der Waals surface area contributed by atoms with Crippen LogP contribution in [0.3, 0.4) is 0 Å². The molecule has 0 atom stereocenters. The van der Waals surface area contributed by atoms with Gasteiger partial charge in [0.1, 0.15) is 0 Å². The molecule has 0 radical (unpaired) electrons. The molecular weight excluding hydrogens is 256 g/mol. The molecule has 0 aromatic rings. The molecule has 0 spiro atoms. The number of nitrogens with zero attached hydrogens (tertiary/aromatic N) is 3. The lowest BCUT2D eigenvalue weighted by molar-refractivity contribution is -0.146. The molecule has 1 saturated heterocycles. The average molecular weight is 284 g/mol. The number of carbonyl (C=O) groups is 2. The highest BCUT2D eigenvalue weighted by atomic mass is 16.2.